The van der Waals surface area contributed by atoms with Crippen LogP contribution in [-0.2, 0) is 21.5 Å². The molecule has 0 radical (unpaired) electrons. The van der Waals surface area contributed by atoms with Gasteiger partial charge in [-0.2, -0.15) is 0 Å². The number of anilines is 1. The number of imidazole rings is 1. The van der Waals surface area contributed by atoms with Crippen molar-refractivity contribution in [3.05, 3.63) is 83.9 Å². The Morgan fingerprint density at radius 2 is 1.61 bits per heavy atom. The first-order chi connectivity index (χ1) is 15.8. The number of amides is 1. The summed E-state index contributed by atoms with van der Waals surface area (Å²) in [6, 6.07) is 22.8. The molecule has 1 amide bonds. The molecule has 0 saturated carbocycles. The zero-order chi connectivity index (χ0) is 23.6. The maximum Gasteiger partial charge on any atom is 0.339 e. The number of esters is 1. The molecule has 4 rings (SSSR count). The number of nitrogens with zero attached hydrogens (tertiary/aromatic N) is 2. The number of fused-ring (bicyclic) bond motifs is 1. The summed E-state index contributed by atoms with van der Waals surface area (Å²) in [5.41, 5.74) is 4.61. The molecule has 0 aliphatic heterocycles. The summed E-state index contributed by atoms with van der Waals surface area (Å²) in [6.45, 7) is 6.57. The highest BCUT2D eigenvalue weighted by Gasteiger charge is 2.19. The monoisotopic (exact) mass is 441 g/mol. The molecule has 1 aromatic heterocycles. The molecule has 33 heavy (non-hydrogen) atoms. The third-order valence-electron chi connectivity index (χ3n) is 5.57. The summed E-state index contributed by atoms with van der Waals surface area (Å²) in [6.07, 6.45) is 0. The fourth-order valence-corrected chi connectivity index (χ4v) is 3.79. The molecule has 0 fully saturated rings. The molecule has 1 heterocycles. The van der Waals surface area contributed by atoms with Crippen molar-refractivity contribution in [2.45, 2.75) is 32.7 Å². The Bertz CT molecular complexity index is 1310. The Morgan fingerprint density at radius 3 is 2.30 bits per heavy atom. The van der Waals surface area contributed by atoms with Crippen LogP contribution in [-0.4, -0.2) is 28.5 Å². The second-order valence-corrected chi connectivity index (χ2v) is 8.92. The molecular formula is C27H27N3O3. The SMILES string of the molecule is COC(=O)c1ccccc1NC(=O)Cn1c(-c2ccc(C(C)(C)C)cc2)nc2ccccc21. The van der Waals surface area contributed by atoms with Gasteiger partial charge < -0.3 is 14.6 Å². The summed E-state index contributed by atoms with van der Waals surface area (Å²) in [4.78, 5) is 29.9. The van der Waals surface area contributed by atoms with Gasteiger partial charge in [-0.05, 0) is 35.2 Å². The van der Waals surface area contributed by atoms with Crippen LogP contribution in [0.3, 0.4) is 0 Å². The maximum atomic E-state index is 13.0. The zero-order valence-corrected chi connectivity index (χ0v) is 19.3. The fraction of sp³-hybridized carbons (Fsp3) is 0.222. The number of carbonyl (C=O) groups excluding carboxylic acids is 2. The summed E-state index contributed by atoms with van der Waals surface area (Å²) < 4.78 is 6.73. The first kappa shape index (κ1) is 22.3. The lowest BCUT2D eigenvalue weighted by Gasteiger charge is -2.19. The number of para-hydroxylation sites is 3. The second kappa shape index (κ2) is 8.90. The maximum absolute atomic E-state index is 13.0. The second-order valence-electron chi connectivity index (χ2n) is 8.92. The van der Waals surface area contributed by atoms with Crippen LogP contribution >= 0.6 is 0 Å². The Labute approximate surface area is 193 Å². The van der Waals surface area contributed by atoms with Gasteiger partial charge in [-0.3, -0.25) is 4.79 Å². The van der Waals surface area contributed by atoms with E-state index in [-0.39, 0.29) is 17.9 Å². The van der Waals surface area contributed by atoms with Crippen molar-refractivity contribution in [3.8, 4) is 11.4 Å². The number of methoxy groups -OCH3 is 1. The lowest BCUT2D eigenvalue weighted by Crippen LogP contribution is -2.21. The van der Waals surface area contributed by atoms with Gasteiger partial charge in [0.15, 0.2) is 0 Å². The minimum Gasteiger partial charge on any atom is -0.465 e. The number of nitrogens with one attached hydrogen (secondary N) is 1. The van der Waals surface area contributed by atoms with E-state index in [1.807, 2.05) is 41.0 Å². The number of carbonyl (C=O) groups is 2. The average Bonchev–Trinajstić information content (AvgIpc) is 3.16. The fourth-order valence-electron chi connectivity index (χ4n) is 3.79. The standard InChI is InChI=1S/C27H27N3O3/c1-27(2,3)19-15-13-18(14-16-19)25-29-22-11-7-8-12-23(22)30(25)17-24(31)28-21-10-6-5-9-20(21)26(32)33-4/h5-16H,17H2,1-4H3,(H,28,31). The molecule has 0 aliphatic carbocycles. The molecule has 6 nitrogen and oxygen atoms in total. The van der Waals surface area contributed by atoms with Crippen LogP contribution in [0.5, 0.6) is 0 Å². The first-order valence-electron chi connectivity index (χ1n) is 10.8. The topological polar surface area (TPSA) is 73.2 Å². The summed E-state index contributed by atoms with van der Waals surface area (Å²) in [5, 5.41) is 2.85. The highest BCUT2D eigenvalue weighted by Crippen LogP contribution is 2.28. The van der Waals surface area contributed by atoms with Crippen molar-refractivity contribution in [1.29, 1.82) is 0 Å². The van der Waals surface area contributed by atoms with Gasteiger partial charge in [-0.1, -0.05) is 69.3 Å². The number of aromatic nitrogens is 2. The third kappa shape index (κ3) is 4.65. The number of rotatable bonds is 5. The Morgan fingerprint density at radius 1 is 0.939 bits per heavy atom. The largest absolute Gasteiger partial charge is 0.465 e. The molecular weight excluding hydrogens is 414 g/mol. The smallest absolute Gasteiger partial charge is 0.339 e. The lowest BCUT2D eigenvalue weighted by molar-refractivity contribution is -0.116. The number of hydrogen-bond acceptors (Lipinski definition) is 4. The lowest BCUT2D eigenvalue weighted by atomic mass is 9.87. The molecule has 4 aromatic rings. The molecule has 0 spiro atoms. The van der Waals surface area contributed by atoms with Crippen molar-refractivity contribution in [1.82, 2.24) is 9.55 Å². The van der Waals surface area contributed by atoms with Crippen molar-refractivity contribution < 1.29 is 14.3 Å². The van der Waals surface area contributed by atoms with Crippen LogP contribution < -0.4 is 5.32 Å². The van der Waals surface area contributed by atoms with Gasteiger partial charge in [0.25, 0.3) is 0 Å². The third-order valence-corrected chi connectivity index (χ3v) is 5.57. The van der Waals surface area contributed by atoms with Crippen molar-refractivity contribution in [3.63, 3.8) is 0 Å². The predicted molar refractivity (Wildman–Crippen MR) is 130 cm³/mol. The van der Waals surface area contributed by atoms with Crippen molar-refractivity contribution >= 4 is 28.6 Å². The molecule has 168 valence electrons. The highest BCUT2D eigenvalue weighted by atomic mass is 16.5. The highest BCUT2D eigenvalue weighted by molar-refractivity contribution is 6.01. The van der Waals surface area contributed by atoms with Gasteiger partial charge in [0.2, 0.25) is 5.91 Å². The van der Waals surface area contributed by atoms with Crippen molar-refractivity contribution in [2.75, 3.05) is 12.4 Å². The van der Waals surface area contributed by atoms with Crippen LogP contribution in [0.2, 0.25) is 0 Å². The van der Waals surface area contributed by atoms with E-state index in [4.69, 9.17) is 9.72 Å². The minimum absolute atomic E-state index is 0.0472. The van der Waals surface area contributed by atoms with Gasteiger partial charge in [0.1, 0.15) is 12.4 Å². The van der Waals surface area contributed by atoms with Gasteiger partial charge in [-0.25, -0.2) is 9.78 Å². The van der Waals surface area contributed by atoms with Crippen LogP contribution in [0.4, 0.5) is 5.69 Å². The van der Waals surface area contributed by atoms with Gasteiger partial charge in [-0.15, -0.1) is 0 Å². The van der Waals surface area contributed by atoms with Crippen LogP contribution in [0.1, 0.15) is 36.7 Å². The normalized spacial score (nSPS) is 11.4. The van der Waals surface area contributed by atoms with Crippen LogP contribution in [0.25, 0.3) is 22.4 Å². The van der Waals surface area contributed by atoms with Crippen LogP contribution in [0.15, 0.2) is 72.8 Å². The van der Waals surface area contributed by atoms with E-state index in [9.17, 15) is 9.59 Å². The Kier molecular flexibility index (Phi) is 6.01. The quantitative estimate of drug-likeness (QED) is 0.419. The first-order valence-corrected chi connectivity index (χ1v) is 10.8. The number of hydrogen-bond donors (Lipinski definition) is 1. The molecule has 6 heteroatoms. The van der Waals surface area contributed by atoms with E-state index in [1.165, 1.54) is 12.7 Å². The molecule has 3 aromatic carbocycles. The average molecular weight is 442 g/mol. The summed E-state index contributed by atoms with van der Waals surface area (Å²) in [5.74, 6) is -0.0475. The molecule has 0 unspecified atom stereocenters. The number of benzene rings is 3. The van der Waals surface area contributed by atoms with Gasteiger partial charge >= 0.3 is 5.97 Å². The minimum atomic E-state index is -0.501. The Hall–Kier alpha value is -3.93. The zero-order valence-electron chi connectivity index (χ0n) is 19.3. The van der Waals surface area contributed by atoms with Gasteiger partial charge in [0.05, 0.1) is 29.4 Å². The molecule has 0 bridgehead atoms. The predicted octanol–water partition coefficient (Wildman–Crippen LogP) is 5.43. The van der Waals surface area contributed by atoms with E-state index in [2.05, 4.69) is 38.2 Å². The van der Waals surface area contributed by atoms with Crippen molar-refractivity contribution in [2.24, 2.45) is 0 Å². The summed E-state index contributed by atoms with van der Waals surface area (Å²) >= 11 is 0. The molecule has 0 atom stereocenters. The van der Waals surface area contributed by atoms with Gasteiger partial charge in [0, 0.05) is 5.56 Å². The molecule has 0 saturated heterocycles. The molecule has 0 aliphatic rings. The van der Waals surface area contributed by atoms with E-state index in [0.29, 0.717) is 17.1 Å². The van der Waals surface area contributed by atoms with Crippen LogP contribution in [0, 0.1) is 0 Å². The molecule has 1 N–H and O–H groups in total. The van der Waals surface area contributed by atoms with E-state index in [0.717, 1.165) is 16.6 Å². The van der Waals surface area contributed by atoms with E-state index < -0.39 is 5.97 Å². The summed E-state index contributed by atoms with van der Waals surface area (Å²) in [7, 11) is 1.32. The van der Waals surface area contributed by atoms with E-state index >= 15 is 0 Å². The Balaban J connectivity index is 1.68. The number of ether oxygens (including phenoxy) is 1. The van der Waals surface area contributed by atoms with E-state index in [1.54, 1.807) is 24.3 Å².